The summed E-state index contributed by atoms with van der Waals surface area (Å²) < 4.78 is 34.5. The van der Waals surface area contributed by atoms with E-state index < -0.39 is 18.6 Å². The standard InChI is InChI=1S/C6H12F3NO.ClH/c7-6(8,9)3-1-2-5(10)4-11;/h5,11H,1-4,10H2;1H. The lowest BCUT2D eigenvalue weighted by Gasteiger charge is -2.08. The van der Waals surface area contributed by atoms with Crippen molar-refractivity contribution in [1.29, 1.82) is 0 Å². The number of alkyl halides is 3. The number of aliphatic hydroxyl groups excluding tert-OH is 1. The van der Waals surface area contributed by atoms with Crippen LogP contribution >= 0.6 is 12.4 Å². The molecule has 0 aliphatic rings. The maximum absolute atomic E-state index is 11.5. The van der Waals surface area contributed by atoms with Gasteiger partial charge in [-0.2, -0.15) is 13.2 Å². The van der Waals surface area contributed by atoms with Gasteiger partial charge in [-0.1, -0.05) is 0 Å². The van der Waals surface area contributed by atoms with Crippen LogP contribution in [-0.2, 0) is 0 Å². The maximum Gasteiger partial charge on any atom is 0.389 e. The molecule has 0 radical (unpaired) electrons. The molecule has 0 aromatic rings. The number of hydrogen-bond donors (Lipinski definition) is 2. The van der Waals surface area contributed by atoms with Crippen molar-refractivity contribution in [1.82, 2.24) is 0 Å². The molecule has 0 saturated heterocycles. The van der Waals surface area contributed by atoms with Crippen molar-refractivity contribution in [2.45, 2.75) is 31.5 Å². The van der Waals surface area contributed by atoms with Crippen LogP contribution in [0.25, 0.3) is 0 Å². The fourth-order valence-electron chi connectivity index (χ4n) is 0.656. The molecule has 0 heterocycles. The Morgan fingerprint density at radius 1 is 1.33 bits per heavy atom. The zero-order valence-electron chi connectivity index (χ0n) is 6.47. The van der Waals surface area contributed by atoms with Crippen molar-refractivity contribution < 1.29 is 18.3 Å². The Balaban J connectivity index is 0. The summed E-state index contributed by atoms with van der Waals surface area (Å²) in [7, 11) is 0. The van der Waals surface area contributed by atoms with E-state index in [1.165, 1.54) is 0 Å². The number of halogens is 4. The van der Waals surface area contributed by atoms with Crippen LogP contribution in [0.3, 0.4) is 0 Å². The molecule has 76 valence electrons. The molecule has 0 rings (SSSR count). The molecule has 1 atom stereocenters. The maximum atomic E-state index is 11.5. The molecular formula is C6H13ClF3NO. The van der Waals surface area contributed by atoms with E-state index in [0.29, 0.717) is 0 Å². The van der Waals surface area contributed by atoms with Crippen LogP contribution in [0.15, 0.2) is 0 Å². The monoisotopic (exact) mass is 207 g/mol. The highest BCUT2D eigenvalue weighted by molar-refractivity contribution is 5.85. The molecule has 0 aliphatic heterocycles. The van der Waals surface area contributed by atoms with Crippen LogP contribution in [0.4, 0.5) is 13.2 Å². The normalized spacial score (nSPS) is 13.8. The van der Waals surface area contributed by atoms with Gasteiger partial charge in [-0.15, -0.1) is 12.4 Å². The van der Waals surface area contributed by atoms with Crippen LogP contribution in [0.2, 0.25) is 0 Å². The van der Waals surface area contributed by atoms with Crippen molar-refractivity contribution in [2.75, 3.05) is 6.61 Å². The predicted octanol–water partition coefficient (Wildman–Crippen LogP) is 1.46. The van der Waals surface area contributed by atoms with E-state index in [2.05, 4.69) is 0 Å². The molecule has 0 spiro atoms. The Bertz CT molecular complexity index is 109. The first kappa shape index (κ1) is 14.5. The van der Waals surface area contributed by atoms with Crippen LogP contribution in [0, 0.1) is 0 Å². The number of rotatable bonds is 4. The number of nitrogens with two attached hydrogens (primary N) is 1. The summed E-state index contributed by atoms with van der Waals surface area (Å²) in [6.07, 6.45) is -4.71. The quantitative estimate of drug-likeness (QED) is 0.733. The first-order valence-electron chi connectivity index (χ1n) is 3.39. The van der Waals surface area contributed by atoms with E-state index >= 15 is 0 Å². The molecule has 0 fully saturated rings. The molecule has 0 aromatic heterocycles. The third kappa shape index (κ3) is 10.0. The summed E-state index contributed by atoms with van der Waals surface area (Å²) in [4.78, 5) is 0. The van der Waals surface area contributed by atoms with Crippen molar-refractivity contribution >= 4 is 12.4 Å². The summed E-state index contributed by atoms with van der Waals surface area (Å²) in [5.74, 6) is 0. The van der Waals surface area contributed by atoms with Gasteiger partial charge >= 0.3 is 6.18 Å². The minimum absolute atomic E-state index is 0. The molecular weight excluding hydrogens is 195 g/mol. The summed E-state index contributed by atoms with van der Waals surface area (Å²) in [5.41, 5.74) is 5.18. The van der Waals surface area contributed by atoms with E-state index in [-0.39, 0.29) is 31.9 Å². The highest BCUT2D eigenvalue weighted by Crippen LogP contribution is 2.22. The van der Waals surface area contributed by atoms with Gasteiger partial charge < -0.3 is 10.8 Å². The molecule has 2 nitrogen and oxygen atoms in total. The first-order chi connectivity index (χ1) is 4.95. The highest BCUT2D eigenvalue weighted by Gasteiger charge is 2.26. The van der Waals surface area contributed by atoms with Crippen LogP contribution < -0.4 is 5.73 Å². The van der Waals surface area contributed by atoms with E-state index in [1.807, 2.05) is 0 Å². The Hall–Kier alpha value is -0.0000000000000000555. The van der Waals surface area contributed by atoms with Gasteiger partial charge in [-0.05, 0) is 12.8 Å². The van der Waals surface area contributed by atoms with Crippen molar-refractivity contribution in [3.8, 4) is 0 Å². The molecule has 12 heavy (non-hydrogen) atoms. The Morgan fingerprint density at radius 3 is 2.17 bits per heavy atom. The second-order valence-electron chi connectivity index (χ2n) is 2.45. The first-order valence-corrected chi connectivity index (χ1v) is 3.39. The lowest BCUT2D eigenvalue weighted by atomic mass is 10.1. The van der Waals surface area contributed by atoms with E-state index in [1.54, 1.807) is 0 Å². The average molecular weight is 208 g/mol. The van der Waals surface area contributed by atoms with Gasteiger partial charge in [-0.25, -0.2) is 0 Å². The molecule has 0 saturated carbocycles. The molecule has 0 bridgehead atoms. The van der Waals surface area contributed by atoms with Gasteiger partial charge in [0.2, 0.25) is 0 Å². The highest BCUT2D eigenvalue weighted by atomic mass is 35.5. The average Bonchev–Trinajstić information content (AvgIpc) is 1.85. The van der Waals surface area contributed by atoms with Gasteiger partial charge in [-0.3, -0.25) is 0 Å². The second-order valence-corrected chi connectivity index (χ2v) is 2.45. The van der Waals surface area contributed by atoms with Crippen molar-refractivity contribution in [3.63, 3.8) is 0 Å². The summed E-state index contributed by atoms with van der Waals surface area (Å²) in [6.45, 7) is -0.252. The van der Waals surface area contributed by atoms with E-state index in [0.717, 1.165) is 0 Å². The molecule has 0 aliphatic carbocycles. The minimum atomic E-state index is -4.10. The Labute approximate surface area is 75.3 Å². The van der Waals surface area contributed by atoms with Crippen LogP contribution in [-0.4, -0.2) is 23.9 Å². The summed E-state index contributed by atoms with van der Waals surface area (Å²) in [5, 5.41) is 8.36. The SMILES string of the molecule is Cl.NC(CO)CCCC(F)(F)F. The molecule has 6 heteroatoms. The lowest BCUT2D eigenvalue weighted by Crippen LogP contribution is -2.24. The predicted molar refractivity (Wildman–Crippen MR) is 42.2 cm³/mol. The van der Waals surface area contributed by atoms with Crippen molar-refractivity contribution in [2.24, 2.45) is 5.73 Å². The van der Waals surface area contributed by atoms with Crippen LogP contribution in [0.5, 0.6) is 0 Å². The topological polar surface area (TPSA) is 46.2 Å². The molecule has 0 aromatic carbocycles. The molecule has 3 N–H and O–H groups in total. The largest absolute Gasteiger partial charge is 0.395 e. The minimum Gasteiger partial charge on any atom is -0.395 e. The Morgan fingerprint density at radius 2 is 1.83 bits per heavy atom. The number of hydrogen-bond acceptors (Lipinski definition) is 2. The fourth-order valence-corrected chi connectivity index (χ4v) is 0.656. The van der Waals surface area contributed by atoms with Gasteiger partial charge in [0.15, 0.2) is 0 Å². The smallest absolute Gasteiger partial charge is 0.389 e. The number of aliphatic hydroxyl groups is 1. The summed E-state index contributed by atoms with van der Waals surface area (Å²) in [6, 6.07) is -0.516. The Kier molecular flexibility index (Phi) is 7.88. The van der Waals surface area contributed by atoms with Crippen LogP contribution in [0.1, 0.15) is 19.3 Å². The zero-order valence-corrected chi connectivity index (χ0v) is 7.29. The van der Waals surface area contributed by atoms with Gasteiger partial charge in [0.1, 0.15) is 0 Å². The van der Waals surface area contributed by atoms with E-state index in [9.17, 15) is 13.2 Å². The third-order valence-electron chi connectivity index (χ3n) is 1.27. The lowest BCUT2D eigenvalue weighted by molar-refractivity contribution is -0.135. The third-order valence-corrected chi connectivity index (χ3v) is 1.27. The van der Waals surface area contributed by atoms with E-state index in [4.69, 9.17) is 10.8 Å². The van der Waals surface area contributed by atoms with Gasteiger partial charge in [0, 0.05) is 12.5 Å². The second kappa shape index (κ2) is 6.51. The van der Waals surface area contributed by atoms with Gasteiger partial charge in [0.25, 0.3) is 0 Å². The fraction of sp³-hybridized carbons (Fsp3) is 1.00. The van der Waals surface area contributed by atoms with Crippen molar-refractivity contribution in [3.05, 3.63) is 0 Å². The molecule has 0 amide bonds. The molecule has 1 unspecified atom stereocenters. The zero-order chi connectivity index (χ0) is 8.91. The van der Waals surface area contributed by atoms with Gasteiger partial charge in [0.05, 0.1) is 6.61 Å². The summed E-state index contributed by atoms with van der Waals surface area (Å²) >= 11 is 0.